The molecule has 1 atom stereocenters. The summed E-state index contributed by atoms with van der Waals surface area (Å²) in [6.45, 7) is 6.78. The molecule has 0 aliphatic carbocycles. The van der Waals surface area contributed by atoms with E-state index in [-0.39, 0.29) is 18.0 Å². The first kappa shape index (κ1) is 15.0. The lowest BCUT2D eigenvalue weighted by atomic mass is 10.0. The molecule has 8 nitrogen and oxygen atoms in total. The number of hydrogen-bond donors (Lipinski definition) is 3. The van der Waals surface area contributed by atoms with Crippen molar-refractivity contribution in [2.24, 2.45) is 0 Å². The molecular formula is C13H20N6O2. The topological polar surface area (TPSA) is 101 Å². The van der Waals surface area contributed by atoms with E-state index in [2.05, 4.69) is 26.1 Å². The van der Waals surface area contributed by atoms with Gasteiger partial charge in [0.25, 0.3) is 5.91 Å². The number of nitrogens with one attached hydrogen (secondary N) is 3. The molecule has 0 fully saturated rings. The summed E-state index contributed by atoms with van der Waals surface area (Å²) in [6.07, 6.45) is 2.28. The third-order valence-corrected chi connectivity index (χ3v) is 3.40. The molecule has 0 spiro atoms. The summed E-state index contributed by atoms with van der Waals surface area (Å²) in [5, 5.41) is 16.0. The molecule has 2 rings (SSSR count). The van der Waals surface area contributed by atoms with Crippen molar-refractivity contribution in [3.63, 3.8) is 0 Å². The summed E-state index contributed by atoms with van der Waals surface area (Å²) in [5.41, 5.74) is 1.13. The van der Waals surface area contributed by atoms with E-state index in [9.17, 15) is 9.59 Å². The SMILES string of the molecule is CCn1cnnc1CCNC(=O)C1=C(C)NC(=O)N[C@@H]1C. The second kappa shape index (κ2) is 6.38. The van der Waals surface area contributed by atoms with Gasteiger partial charge in [-0.15, -0.1) is 10.2 Å². The number of nitrogens with zero attached hydrogens (tertiary/aromatic N) is 3. The zero-order valence-electron chi connectivity index (χ0n) is 12.4. The Labute approximate surface area is 123 Å². The highest BCUT2D eigenvalue weighted by Gasteiger charge is 2.26. The Kier molecular flexibility index (Phi) is 4.56. The second-order valence-electron chi connectivity index (χ2n) is 4.90. The zero-order chi connectivity index (χ0) is 15.4. The molecule has 0 saturated heterocycles. The molecule has 8 heteroatoms. The van der Waals surface area contributed by atoms with Crippen molar-refractivity contribution in [1.82, 2.24) is 30.7 Å². The molecule has 0 saturated carbocycles. The molecule has 21 heavy (non-hydrogen) atoms. The van der Waals surface area contributed by atoms with E-state index < -0.39 is 0 Å². The van der Waals surface area contributed by atoms with Gasteiger partial charge in [0.05, 0.1) is 11.6 Å². The third-order valence-electron chi connectivity index (χ3n) is 3.40. The van der Waals surface area contributed by atoms with Crippen LogP contribution in [0, 0.1) is 0 Å². The van der Waals surface area contributed by atoms with Gasteiger partial charge in [-0.05, 0) is 20.8 Å². The number of carbonyl (C=O) groups is 2. The van der Waals surface area contributed by atoms with Gasteiger partial charge in [0.1, 0.15) is 12.2 Å². The van der Waals surface area contributed by atoms with Crippen molar-refractivity contribution in [3.8, 4) is 0 Å². The van der Waals surface area contributed by atoms with Gasteiger partial charge in [0.2, 0.25) is 0 Å². The lowest BCUT2D eigenvalue weighted by molar-refractivity contribution is -0.117. The van der Waals surface area contributed by atoms with Gasteiger partial charge < -0.3 is 20.5 Å². The first-order valence-electron chi connectivity index (χ1n) is 6.96. The van der Waals surface area contributed by atoms with Crippen molar-refractivity contribution in [1.29, 1.82) is 0 Å². The smallest absolute Gasteiger partial charge is 0.319 e. The molecule has 1 aliphatic rings. The maximum atomic E-state index is 12.2. The molecule has 3 amide bonds. The van der Waals surface area contributed by atoms with E-state index in [4.69, 9.17) is 0 Å². The highest BCUT2D eigenvalue weighted by molar-refractivity contribution is 5.98. The first-order valence-corrected chi connectivity index (χ1v) is 6.96. The van der Waals surface area contributed by atoms with Crippen LogP contribution in [-0.4, -0.2) is 39.3 Å². The number of amides is 3. The fraction of sp³-hybridized carbons (Fsp3) is 0.538. The number of aromatic nitrogens is 3. The van der Waals surface area contributed by atoms with Crippen molar-refractivity contribution in [3.05, 3.63) is 23.4 Å². The van der Waals surface area contributed by atoms with Crippen LogP contribution < -0.4 is 16.0 Å². The van der Waals surface area contributed by atoms with Crippen molar-refractivity contribution in [2.45, 2.75) is 39.8 Å². The number of carbonyl (C=O) groups excluding carboxylic acids is 2. The van der Waals surface area contributed by atoms with E-state index in [0.717, 1.165) is 12.4 Å². The highest BCUT2D eigenvalue weighted by Crippen LogP contribution is 2.11. The Bertz CT molecular complexity index is 577. The van der Waals surface area contributed by atoms with Gasteiger partial charge in [-0.2, -0.15) is 0 Å². The van der Waals surface area contributed by atoms with Gasteiger partial charge in [-0.3, -0.25) is 4.79 Å². The summed E-state index contributed by atoms with van der Waals surface area (Å²) >= 11 is 0. The number of hydrogen-bond acceptors (Lipinski definition) is 4. The number of allylic oxidation sites excluding steroid dienone is 1. The molecule has 114 valence electrons. The minimum absolute atomic E-state index is 0.185. The van der Waals surface area contributed by atoms with Crippen LogP contribution in [0.3, 0.4) is 0 Å². The van der Waals surface area contributed by atoms with E-state index in [1.807, 2.05) is 11.5 Å². The maximum Gasteiger partial charge on any atom is 0.319 e. The van der Waals surface area contributed by atoms with Crippen LogP contribution >= 0.6 is 0 Å². The van der Waals surface area contributed by atoms with Gasteiger partial charge in [-0.25, -0.2) is 4.79 Å². The summed E-state index contributed by atoms with van der Waals surface area (Å²) in [5.74, 6) is 0.654. The summed E-state index contributed by atoms with van der Waals surface area (Å²) in [4.78, 5) is 23.5. The minimum atomic E-state index is -0.307. The molecule has 1 aromatic heterocycles. The zero-order valence-corrected chi connectivity index (χ0v) is 12.4. The fourth-order valence-corrected chi connectivity index (χ4v) is 2.35. The van der Waals surface area contributed by atoms with Crippen LogP contribution in [0.2, 0.25) is 0 Å². The predicted molar refractivity (Wildman–Crippen MR) is 76.2 cm³/mol. The Morgan fingerprint density at radius 1 is 1.52 bits per heavy atom. The maximum absolute atomic E-state index is 12.2. The molecule has 0 bridgehead atoms. The Morgan fingerprint density at radius 2 is 2.29 bits per heavy atom. The van der Waals surface area contributed by atoms with Crippen LogP contribution in [-0.2, 0) is 17.8 Å². The molecule has 3 N–H and O–H groups in total. The number of aryl methyl sites for hydroxylation is 1. The van der Waals surface area contributed by atoms with Crippen LogP contribution in [0.1, 0.15) is 26.6 Å². The lowest BCUT2D eigenvalue weighted by Crippen LogP contribution is -2.50. The Balaban J connectivity index is 1.93. The van der Waals surface area contributed by atoms with Gasteiger partial charge in [-0.1, -0.05) is 0 Å². The largest absolute Gasteiger partial charge is 0.352 e. The predicted octanol–water partition coefficient (Wildman–Crippen LogP) is -0.0680. The van der Waals surface area contributed by atoms with Crippen LogP contribution in [0.15, 0.2) is 17.6 Å². The van der Waals surface area contributed by atoms with E-state index in [1.54, 1.807) is 20.2 Å². The second-order valence-corrected chi connectivity index (χ2v) is 4.90. The van der Waals surface area contributed by atoms with Crippen molar-refractivity contribution >= 4 is 11.9 Å². The lowest BCUT2D eigenvalue weighted by Gasteiger charge is -2.25. The van der Waals surface area contributed by atoms with Gasteiger partial charge >= 0.3 is 6.03 Å². The summed E-state index contributed by atoms with van der Waals surface area (Å²) < 4.78 is 1.93. The first-order chi connectivity index (χ1) is 10.0. The molecule has 0 unspecified atom stereocenters. The fourth-order valence-electron chi connectivity index (χ4n) is 2.35. The van der Waals surface area contributed by atoms with E-state index in [1.165, 1.54) is 0 Å². The van der Waals surface area contributed by atoms with Gasteiger partial charge in [0.15, 0.2) is 0 Å². The standard InChI is InChI=1S/C13H20N6O2/c1-4-19-7-15-18-10(19)5-6-14-12(20)11-8(2)16-13(21)17-9(11)3/h7-8H,4-6H2,1-3H3,(H,14,20)(H2,16,17,21)/t8-/m1/s1. The molecule has 2 heterocycles. The average molecular weight is 292 g/mol. The number of rotatable bonds is 5. The van der Waals surface area contributed by atoms with Crippen molar-refractivity contribution in [2.75, 3.05) is 6.54 Å². The Morgan fingerprint density at radius 3 is 2.95 bits per heavy atom. The van der Waals surface area contributed by atoms with E-state index in [0.29, 0.717) is 24.2 Å². The van der Waals surface area contributed by atoms with Crippen LogP contribution in [0.4, 0.5) is 4.79 Å². The monoisotopic (exact) mass is 292 g/mol. The highest BCUT2D eigenvalue weighted by atomic mass is 16.2. The number of urea groups is 1. The summed E-state index contributed by atoms with van der Waals surface area (Å²) in [6, 6.07) is -0.592. The van der Waals surface area contributed by atoms with Crippen LogP contribution in [0.5, 0.6) is 0 Å². The Hall–Kier alpha value is -2.38. The quantitative estimate of drug-likeness (QED) is 0.707. The van der Waals surface area contributed by atoms with Crippen molar-refractivity contribution < 1.29 is 9.59 Å². The molecule has 1 aliphatic heterocycles. The van der Waals surface area contributed by atoms with Gasteiger partial charge in [0, 0.05) is 25.2 Å². The molecule has 1 aromatic rings. The third kappa shape index (κ3) is 3.39. The molecule has 0 aromatic carbocycles. The average Bonchev–Trinajstić information content (AvgIpc) is 2.85. The van der Waals surface area contributed by atoms with E-state index >= 15 is 0 Å². The normalized spacial score (nSPS) is 18.2. The molecule has 0 radical (unpaired) electrons. The summed E-state index contributed by atoms with van der Waals surface area (Å²) in [7, 11) is 0. The molecular weight excluding hydrogens is 272 g/mol. The van der Waals surface area contributed by atoms with Crippen LogP contribution in [0.25, 0.3) is 0 Å². The minimum Gasteiger partial charge on any atom is -0.352 e.